The van der Waals surface area contributed by atoms with E-state index >= 15 is 0 Å². The van der Waals surface area contributed by atoms with Crippen LogP contribution in [0.3, 0.4) is 0 Å². The molecule has 0 N–H and O–H groups in total. The minimum atomic E-state index is -0.678. The van der Waals surface area contributed by atoms with Gasteiger partial charge in [0.2, 0.25) is 0 Å². The van der Waals surface area contributed by atoms with Crippen LogP contribution in [-0.4, -0.2) is 57.5 Å². The topological polar surface area (TPSA) is 63.2 Å². The van der Waals surface area contributed by atoms with Gasteiger partial charge in [0.25, 0.3) is 0 Å². The van der Waals surface area contributed by atoms with Gasteiger partial charge in [0.1, 0.15) is 18.3 Å². The van der Waals surface area contributed by atoms with E-state index in [-0.39, 0.29) is 20.8 Å². The van der Waals surface area contributed by atoms with Crippen LogP contribution in [0.5, 0.6) is 0 Å². The van der Waals surface area contributed by atoms with Crippen LogP contribution in [0.4, 0.5) is 0 Å². The molecule has 6 heteroatoms. The van der Waals surface area contributed by atoms with Crippen LogP contribution in [0.25, 0.3) is 0 Å². The fourth-order valence-corrected chi connectivity index (χ4v) is 2.04. The average Bonchev–Trinajstić information content (AvgIpc) is 2.75. The highest BCUT2D eigenvalue weighted by molar-refractivity contribution is 5.66. The zero-order valence-corrected chi connectivity index (χ0v) is 8.96. The first kappa shape index (κ1) is 9.35. The van der Waals surface area contributed by atoms with Crippen molar-refractivity contribution in [1.82, 2.24) is 0 Å². The van der Waals surface area contributed by atoms with Crippen LogP contribution in [-0.2, 0) is 28.5 Å². The fourth-order valence-electron chi connectivity index (χ4n) is 2.04. The normalized spacial score (nSPS) is 43.7. The average molecular weight is 234 g/mol. The van der Waals surface area contributed by atoms with Gasteiger partial charge < -0.3 is 23.7 Å². The zero-order chi connectivity index (χ0) is 13.1. The van der Waals surface area contributed by atoms with Crippen molar-refractivity contribution in [2.45, 2.75) is 37.6 Å². The molecule has 2 saturated heterocycles. The van der Waals surface area contributed by atoms with E-state index < -0.39 is 36.7 Å². The molecule has 0 aromatic heterocycles. The summed E-state index contributed by atoms with van der Waals surface area (Å²) in [5.74, 6) is -0.461. The first-order valence-corrected chi connectivity index (χ1v) is 4.93. The summed E-state index contributed by atoms with van der Waals surface area (Å²) in [5, 5.41) is 0. The highest BCUT2D eigenvalue weighted by Gasteiger charge is 2.53. The van der Waals surface area contributed by atoms with Crippen LogP contribution in [0.1, 0.15) is 9.67 Å². The molecule has 92 valence electrons. The van der Waals surface area contributed by atoms with Gasteiger partial charge in [-0.05, 0) is 0 Å². The van der Waals surface area contributed by atoms with Gasteiger partial charge in [0.15, 0.2) is 12.4 Å². The van der Waals surface area contributed by atoms with E-state index in [0.717, 1.165) is 0 Å². The Morgan fingerprint density at radius 2 is 2.06 bits per heavy atom. The lowest BCUT2D eigenvalue weighted by molar-refractivity contribution is -0.248. The predicted octanol–water partition coefficient (Wildman–Crippen LogP) is -0.297. The minimum Gasteiger partial charge on any atom is -0.457 e. The van der Waals surface area contributed by atoms with Crippen LogP contribution < -0.4 is 0 Å². The van der Waals surface area contributed by atoms with Gasteiger partial charge in [0.05, 0.1) is 9.35 Å². The number of carbonyl (C=O) groups is 1. The predicted molar refractivity (Wildman–Crippen MR) is 51.8 cm³/mol. The molecule has 2 fully saturated rings. The Morgan fingerprint density at radius 1 is 1.31 bits per heavy atom. The maximum Gasteiger partial charge on any atom is 0.303 e. The summed E-state index contributed by atoms with van der Waals surface area (Å²) < 4.78 is 40.8. The molecule has 2 bridgehead atoms. The molecule has 0 aromatic carbocycles. The van der Waals surface area contributed by atoms with Crippen molar-refractivity contribution < 1.29 is 31.2 Å². The van der Waals surface area contributed by atoms with Crippen molar-refractivity contribution in [2.24, 2.45) is 0 Å². The number of esters is 1. The number of hydrogen-bond acceptors (Lipinski definition) is 6. The third kappa shape index (κ3) is 1.93. The Labute approximate surface area is 96.6 Å². The highest BCUT2D eigenvalue weighted by atomic mass is 16.8. The Morgan fingerprint density at radius 3 is 2.75 bits per heavy atom. The van der Waals surface area contributed by atoms with E-state index in [0.29, 0.717) is 0 Å². The maximum atomic E-state index is 11.1. The van der Waals surface area contributed by atoms with Gasteiger partial charge in [-0.15, -0.1) is 0 Å². The monoisotopic (exact) mass is 234 g/mol. The molecule has 0 amide bonds. The molecule has 6 nitrogen and oxygen atoms in total. The lowest BCUT2D eigenvalue weighted by Gasteiger charge is -2.38. The van der Waals surface area contributed by atoms with E-state index in [4.69, 9.17) is 26.4 Å². The maximum absolute atomic E-state index is 11.1. The highest BCUT2D eigenvalue weighted by Crippen LogP contribution is 2.32. The van der Waals surface area contributed by atoms with Gasteiger partial charge in [-0.3, -0.25) is 4.79 Å². The van der Waals surface area contributed by atoms with E-state index in [1.165, 1.54) is 6.92 Å². The molecule has 0 aromatic rings. The lowest BCUT2D eigenvalue weighted by atomic mass is 10.0. The molecule has 16 heavy (non-hydrogen) atoms. The Bertz CT molecular complexity index is 302. The van der Waals surface area contributed by atoms with Gasteiger partial charge in [-0.1, -0.05) is 0 Å². The molecule has 2 rings (SSSR count). The molecule has 0 aliphatic carbocycles. The zero-order valence-electron chi connectivity index (χ0n) is 11.0. The molecule has 0 saturated carbocycles. The van der Waals surface area contributed by atoms with E-state index in [1.807, 2.05) is 0 Å². The summed E-state index contributed by atoms with van der Waals surface area (Å²) in [6.07, 6.45) is -3.05. The third-order valence-electron chi connectivity index (χ3n) is 2.70. The standard InChI is InChI=1S/C10H16O6/c1-5(11)15-7-6-4-14-10(16-6)9(13-3)8(7)12-2/h6-10H,4H2,1-3H3/t6-,7-,8+,9-,10?/m1/s1/i2D,3D. The van der Waals surface area contributed by atoms with E-state index in [2.05, 4.69) is 0 Å². The second-order valence-electron chi connectivity index (χ2n) is 3.71. The minimum absolute atomic E-state index is 0.276. The first-order valence-electron chi connectivity index (χ1n) is 6.34. The first-order chi connectivity index (χ1) is 8.67. The molecular formula is C10H16O6. The summed E-state index contributed by atoms with van der Waals surface area (Å²) in [4.78, 5) is 11.1. The summed E-state index contributed by atoms with van der Waals surface area (Å²) >= 11 is 0. The van der Waals surface area contributed by atoms with E-state index in [1.54, 1.807) is 0 Å². The van der Waals surface area contributed by atoms with Gasteiger partial charge >= 0.3 is 5.97 Å². The van der Waals surface area contributed by atoms with Crippen molar-refractivity contribution in [3.8, 4) is 0 Å². The van der Waals surface area contributed by atoms with Gasteiger partial charge in [-0.2, -0.15) is 0 Å². The van der Waals surface area contributed by atoms with Crippen molar-refractivity contribution >= 4 is 5.97 Å². The molecule has 2 aliphatic heterocycles. The molecule has 1 unspecified atom stereocenters. The van der Waals surface area contributed by atoms with Crippen LogP contribution in [0.15, 0.2) is 0 Å². The van der Waals surface area contributed by atoms with Crippen molar-refractivity contribution in [3.05, 3.63) is 0 Å². The van der Waals surface area contributed by atoms with Crippen molar-refractivity contribution in [3.63, 3.8) is 0 Å². The second-order valence-corrected chi connectivity index (χ2v) is 3.71. The van der Waals surface area contributed by atoms with Crippen LogP contribution in [0.2, 0.25) is 0 Å². The van der Waals surface area contributed by atoms with Crippen LogP contribution >= 0.6 is 0 Å². The number of fused-ring (bicyclic) bond motifs is 2. The molecule has 0 spiro atoms. The number of carbonyl (C=O) groups excluding carboxylic acids is 1. The quantitative estimate of drug-likeness (QED) is 0.625. The Hall–Kier alpha value is -0.690. The summed E-state index contributed by atoms with van der Waals surface area (Å²) in [6, 6.07) is 0. The van der Waals surface area contributed by atoms with Crippen LogP contribution in [0, 0.1) is 0 Å². The van der Waals surface area contributed by atoms with Crippen molar-refractivity contribution in [1.29, 1.82) is 0 Å². The lowest BCUT2D eigenvalue weighted by Crippen LogP contribution is -2.56. The van der Waals surface area contributed by atoms with Gasteiger partial charge in [0, 0.05) is 21.1 Å². The Kier molecular flexibility index (Phi) is 2.73. The van der Waals surface area contributed by atoms with E-state index in [9.17, 15) is 4.79 Å². The number of hydrogen-bond donors (Lipinski definition) is 0. The summed E-state index contributed by atoms with van der Waals surface area (Å²) in [6.45, 7) is 1.57. The molecule has 0 radical (unpaired) electrons. The third-order valence-corrected chi connectivity index (χ3v) is 2.70. The molecular weight excluding hydrogens is 216 g/mol. The second kappa shape index (κ2) is 4.67. The fraction of sp³-hybridized carbons (Fsp3) is 0.900. The smallest absolute Gasteiger partial charge is 0.303 e. The van der Waals surface area contributed by atoms with Gasteiger partial charge in [-0.25, -0.2) is 0 Å². The molecule has 5 atom stereocenters. The summed E-state index contributed by atoms with van der Waals surface area (Å²) in [7, 11) is -0.580. The van der Waals surface area contributed by atoms with Crippen molar-refractivity contribution in [2.75, 3.05) is 20.8 Å². The number of rotatable bonds is 3. The number of ether oxygens (including phenoxy) is 5. The molecule has 2 heterocycles. The Balaban J connectivity index is 2.15. The SMILES string of the molecule is [2H]CO[C@H]1[C@H](OC(C)=O)[C@H]2COC(O2)[C@@H]1OC[2H]. The summed E-state index contributed by atoms with van der Waals surface area (Å²) in [5.41, 5.74) is 0. The number of methoxy groups -OCH3 is 2. The molecule has 2 aliphatic rings. The largest absolute Gasteiger partial charge is 0.457 e.